The summed E-state index contributed by atoms with van der Waals surface area (Å²) in [6.07, 6.45) is 4.11. The van der Waals surface area contributed by atoms with E-state index in [-0.39, 0.29) is 0 Å². The summed E-state index contributed by atoms with van der Waals surface area (Å²) in [6, 6.07) is 0. The van der Waals surface area contributed by atoms with Gasteiger partial charge in [0, 0.05) is 49.9 Å². The van der Waals surface area contributed by atoms with Crippen LogP contribution in [0.15, 0.2) is 6.20 Å². The van der Waals surface area contributed by atoms with Gasteiger partial charge in [0.15, 0.2) is 0 Å². The third-order valence-electron chi connectivity index (χ3n) is 6.62. The van der Waals surface area contributed by atoms with Crippen LogP contribution in [0.25, 0.3) is 0 Å². The van der Waals surface area contributed by atoms with Crippen LogP contribution in [-0.2, 0) is 14.9 Å². The summed E-state index contributed by atoms with van der Waals surface area (Å²) in [5, 5.41) is 9.75. The maximum atomic E-state index is 11.9. The molecule has 3 fully saturated rings. The van der Waals surface area contributed by atoms with Crippen LogP contribution >= 0.6 is 0 Å². The molecule has 3 saturated heterocycles. The third-order valence-corrected chi connectivity index (χ3v) is 6.62. The topological polar surface area (TPSA) is 82.0 Å². The minimum atomic E-state index is -1.05. The van der Waals surface area contributed by atoms with Gasteiger partial charge in [-0.05, 0) is 40.3 Å². The van der Waals surface area contributed by atoms with E-state index < -0.39 is 11.4 Å². The number of rotatable bonds is 4. The van der Waals surface area contributed by atoms with Crippen LogP contribution in [-0.4, -0.2) is 85.5 Å². The molecular weight excluding hydrogens is 358 g/mol. The molecule has 1 aromatic heterocycles. The highest BCUT2D eigenvalue weighted by Crippen LogP contribution is 2.40. The van der Waals surface area contributed by atoms with Gasteiger partial charge >= 0.3 is 5.97 Å². The van der Waals surface area contributed by atoms with Crippen LogP contribution in [0.5, 0.6) is 0 Å². The van der Waals surface area contributed by atoms with Gasteiger partial charge in [0.2, 0.25) is 5.95 Å². The van der Waals surface area contributed by atoms with Crippen LogP contribution in [0.4, 0.5) is 11.8 Å². The first-order chi connectivity index (χ1) is 13.3. The average Bonchev–Trinajstić information content (AvgIpc) is 3.27. The molecule has 0 bridgehead atoms. The minimum absolute atomic E-state index is 0.343. The number of hydrogen-bond acceptors (Lipinski definition) is 7. The highest BCUT2D eigenvalue weighted by atomic mass is 16.5. The summed E-state index contributed by atoms with van der Waals surface area (Å²) in [7, 11) is 2.19. The van der Waals surface area contributed by atoms with E-state index in [0.29, 0.717) is 37.3 Å². The van der Waals surface area contributed by atoms with E-state index in [1.807, 2.05) is 0 Å². The van der Waals surface area contributed by atoms with E-state index in [1.54, 1.807) is 20.0 Å². The lowest BCUT2D eigenvalue weighted by atomic mass is 9.85. The maximum absolute atomic E-state index is 11.9. The first-order valence-electron chi connectivity index (χ1n) is 10.2. The van der Waals surface area contributed by atoms with Gasteiger partial charge in [-0.25, -0.2) is 4.98 Å². The van der Waals surface area contributed by atoms with E-state index >= 15 is 0 Å². The molecule has 1 atom stereocenters. The van der Waals surface area contributed by atoms with Crippen LogP contribution in [0.1, 0.15) is 32.3 Å². The van der Waals surface area contributed by atoms with E-state index in [1.165, 1.54) is 6.42 Å². The Balaban J connectivity index is 1.65. The zero-order chi connectivity index (χ0) is 19.9. The monoisotopic (exact) mass is 389 g/mol. The van der Waals surface area contributed by atoms with Crippen molar-refractivity contribution in [3.8, 4) is 0 Å². The second kappa shape index (κ2) is 7.15. The Morgan fingerprint density at radius 2 is 1.86 bits per heavy atom. The average molecular weight is 390 g/mol. The number of carbonyl (C=O) groups is 1. The van der Waals surface area contributed by atoms with Gasteiger partial charge in [-0.2, -0.15) is 4.98 Å². The van der Waals surface area contributed by atoms with Crippen LogP contribution in [0.3, 0.4) is 0 Å². The zero-order valence-electron chi connectivity index (χ0n) is 17.1. The van der Waals surface area contributed by atoms with Crippen LogP contribution in [0.2, 0.25) is 0 Å². The summed E-state index contributed by atoms with van der Waals surface area (Å²) in [4.78, 5) is 28.2. The van der Waals surface area contributed by atoms with Crippen molar-refractivity contribution in [3.05, 3.63) is 11.8 Å². The predicted octanol–water partition coefficient (Wildman–Crippen LogP) is 1.21. The van der Waals surface area contributed by atoms with E-state index in [4.69, 9.17) is 9.72 Å². The molecule has 154 valence electrons. The number of aliphatic carboxylic acids is 1. The van der Waals surface area contributed by atoms with E-state index in [9.17, 15) is 9.90 Å². The van der Waals surface area contributed by atoms with Crippen molar-refractivity contribution >= 4 is 17.7 Å². The van der Waals surface area contributed by atoms with Crippen molar-refractivity contribution in [3.63, 3.8) is 0 Å². The summed E-state index contributed by atoms with van der Waals surface area (Å²) in [5.41, 5.74) is -0.0387. The Bertz CT molecular complexity index is 749. The standard InChI is InChI=1S/C20H31N5O3/c1-19(2,17(26)27)15-12-21-18(22-16(15)24-8-10-28-11-9-24)25-7-5-20(14-25)4-6-23(3)13-20/h12H,4-11,13-14H2,1-3H3,(H,26,27). The number of carboxylic acid groups (broad SMARTS) is 1. The van der Waals surface area contributed by atoms with Gasteiger partial charge in [-0.15, -0.1) is 0 Å². The molecule has 0 aromatic carbocycles. The minimum Gasteiger partial charge on any atom is -0.481 e. The number of morpholine rings is 1. The lowest BCUT2D eigenvalue weighted by Gasteiger charge is -2.33. The van der Waals surface area contributed by atoms with Crippen molar-refractivity contribution in [1.29, 1.82) is 0 Å². The van der Waals surface area contributed by atoms with Crippen molar-refractivity contribution in [2.24, 2.45) is 5.41 Å². The number of ether oxygens (including phenoxy) is 1. The Kier molecular flexibility index (Phi) is 4.95. The number of anilines is 2. The van der Waals surface area contributed by atoms with Crippen LogP contribution in [0, 0.1) is 5.41 Å². The van der Waals surface area contributed by atoms with Crippen molar-refractivity contribution in [2.45, 2.75) is 32.1 Å². The Morgan fingerprint density at radius 3 is 2.50 bits per heavy atom. The van der Waals surface area contributed by atoms with Gasteiger partial charge < -0.3 is 24.5 Å². The van der Waals surface area contributed by atoms with E-state index in [0.717, 1.165) is 44.4 Å². The van der Waals surface area contributed by atoms with Crippen molar-refractivity contribution in [1.82, 2.24) is 14.9 Å². The molecule has 1 N–H and O–H groups in total. The van der Waals surface area contributed by atoms with Crippen molar-refractivity contribution in [2.75, 3.05) is 69.3 Å². The molecule has 28 heavy (non-hydrogen) atoms. The number of aromatic nitrogens is 2. The second-order valence-corrected chi connectivity index (χ2v) is 9.10. The number of likely N-dealkylation sites (tertiary alicyclic amines) is 1. The normalized spacial score (nSPS) is 26.4. The van der Waals surface area contributed by atoms with E-state index in [2.05, 4.69) is 26.7 Å². The molecule has 0 aliphatic carbocycles. The molecule has 4 heterocycles. The molecule has 4 rings (SSSR count). The second-order valence-electron chi connectivity index (χ2n) is 9.10. The fourth-order valence-electron chi connectivity index (χ4n) is 4.69. The Morgan fingerprint density at radius 1 is 1.14 bits per heavy atom. The molecule has 8 heteroatoms. The zero-order valence-corrected chi connectivity index (χ0v) is 17.1. The summed E-state index contributed by atoms with van der Waals surface area (Å²) in [6.45, 7) is 10.3. The first-order valence-corrected chi connectivity index (χ1v) is 10.2. The lowest BCUT2D eigenvalue weighted by Crippen LogP contribution is -2.40. The highest BCUT2D eigenvalue weighted by Gasteiger charge is 2.43. The third kappa shape index (κ3) is 3.43. The summed E-state index contributed by atoms with van der Waals surface area (Å²) in [5.74, 6) is 0.593. The molecule has 1 unspecified atom stereocenters. The summed E-state index contributed by atoms with van der Waals surface area (Å²) < 4.78 is 5.48. The van der Waals surface area contributed by atoms with Crippen molar-refractivity contribution < 1.29 is 14.6 Å². The molecule has 3 aliphatic heterocycles. The fraction of sp³-hybridized carbons (Fsp3) is 0.750. The molecule has 1 spiro atoms. The van der Waals surface area contributed by atoms with Gasteiger partial charge in [0.25, 0.3) is 0 Å². The molecule has 3 aliphatic rings. The van der Waals surface area contributed by atoms with Crippen LogP contribution < -0.4 is 9.80 Å². The molecule has 0 radical (unpaired) electrons. The molecule has 0 amide bonds. The number of carboxylic acids is 1. The Labute approximate surface area is 166 Å². The predicted molar refractivity (Wildman–Crippen MR) is 107 cm³/mol. The number of hydrogen-bond donors (Lipinski definition) is 1. The van der Waals surface area contributed by atoms with Gasteiger partial charge in [-0.1, -0.05) is 0 Å². The fourth-order valence-corrected chi connectivity index (χ4v) is 4.69. The Hall–Kier alpha value is -1.93. The summed E-state index contributed by atoms with van der Waals surface area (Å²) >= 11 is 0. The first kappa shape index (κ1) is 19.4. The quantitative estimate of drug-likeness (QED) is 0.823. The lowest BCUT2D eigenvalue weighted by molar-refractivity contribution is -0.142. The SMILES string of the molecule is CN1CCC2(CCN(c3ncc(C(C)(C)C(=O)O)c(N4CCOCC4)n3)C2)C1. The van der Waals surface area contributed by atoms with Gasteiger partial charge in [0.05, 0.1) is 18.6 Å². The molecule has 8 nitrogen and oxygen atoms in total. The van der Waals surface area contributed by atoms with Gasteiger partial charge in [0.1, 0.15) is 5.82 Å². The van der Waals surface area contributed by atoms with Gasteiger partial charge in [-0.3, -0.25) is 4.79 Å². The smallest absolute Gasteiger partial charge is 0.313 e. The molecule has 0 saturated carbocycles. The molecule has 1 aromatic rings. The highest BCUT2D eigenvalue weighted by molar-refractivity contribution is 5.82. The number of nitrogens with zero attached hydrogens (tertiary/aromatic N) is 5. The maximum Gasteiger partial charge on any atom is 0.313 e. The molecular formula is C20H31N5O3. The largest absolute Gasteiger partial charge is 0.481 e.